The van der Waals surface area contributed by atoms with Crippen molar-refractivity contribution in [3.05, 3.63) is 39.8 Å². The molecule has 0 atom stereocenters. The Bertz CT molecular complexity index is 428. The molecule has 0 aliphatic carbocycles. The fraction of sp³-hybridized carbons (Fsp3) is 0. The van der Waals surface area contributed by atoms with Crippen LogP contribution in [0.4, 0.5) is 4.39 Å². The van der Waals surface area contributed by atoms with Crippen molar-refractivity contribution in [1.82, 2.24) is 4.98 Å². The first-order valence-electron chi connectivity index (χ1n) is 3.48. The Labute approximate surface area is 82.8 Å². The molecule has 3 heteroatoms. The van der Waals surface area contributed by atoms with Crippen molar-refractivity contribution >= 4 is 33.5 Å². The number of rotatable bonds is 0. The summed E-state index contributed by atoms with van der Waals surface area (Å²) < 4.78 is 13.9. The maximum absolute atomic E-state index is 13.1. The number of halogens is 2. The second kappa shape index (κ2) is 2.97. The first-order valence-corrected chi connectivity index (χ1v) is 4.56. The Morgan fingerprint density at radius 2 is 2.00 bits per heavy atom. The molecule has 2 aromatic rings. The third-order valence-electron chi connectivity index (χ3n) is 1.64. The summed E-state index contributed by atoms with van der Waals surface area (Å²) in [6.45, 7) is 0. The van der Waals surface area contributed by atoms with Gasteiger partial charge in [0.1, 0.15) is 15.0 Å². The van der Waals surface area contributed by atoms with E-state index in [-0.39, 0.29) is 5.82 Å². The molecule has 60 valence electrons. The van der Waals surface area contributed by atoms with Crippen LogP contribution >= 0.6 is 22.6 Å². The molecule has 0 radical (unpaired) electrons. The highest BCUT2D eigenvalue weighted by Gasteiger charge is 2.00. The number of hydrogen-bond donors (Lipinski definition) is 0. The summed E-state index contributed by atoms with van der Waals surface area (Å²) in [6, 6.07) is 8.69. The van der Waals surface area contributed by atoms with Crippen LogP contribution in [-0.2, 0) is 0 Å². The first-order chi connectivity index (χ1) is 5.77. The predicted octanol–water partition coefficient (Wildman–Crippen LogP) is 2.98. The molecule has 0 saturated heterocycles. The molecule has 0 fully saturated rings. The molecule has 0 amide bonds. The number of benzene rings is 1. The molecule has 1 heterocycles. The molecule has 0 unspecified atom stereocenters. The van der Waals surface area contributed by atoms with E-state index >= 15 is 0 Å². The molecule has 0 aliphatic heterocycles. The lowest BCUT2D eigenvalue weighted by Gasteiger charge is -1.97. The van der Waals surface area contributed by atoms with Gasteiger partial charge in [0.2, 0.25) is 0 Å². The zero-order valence-electron chi connectivity index (χ0n) is 6.09. The Morgan fingerprint density at radius 1 is 1.17 bits per heavy atom. The van der Waals surface area contributed by atoms with Crippen LogP contribution < -0.4 is 0 Å². The number of pyridine rings is 1. The maximum atomic E-state index is 13.1. The number of nitrogens with zero attached hydrogens (tertiary/aromatic N) is 1. The molecular formula is C9H5FIN. The second-order valence-corrected chi connectivity index (χ2v) is 3.55. The Hall–Kier alpha value is -0.710. The van der Waals surface area contributed by atoms with Gasteiger partial charge in [-0.15, -0.1) is 0 Å². The van der Waals surface area contributed by atoms with Gasteiger partial charge in [-0.2, -0.15) is 0 Å². The molecule has 1 aromatic heterocycles. The third kappa shape index (κ3) is 1.29. The van der Waals surface area contributed by atoms with Crippen molar-refractivity contribution < 1.29 is 4.39 Å². The van der Waals surface area contributed by atoms with Crippen LogP contribution in [0.3, 0.4) is 0 Å². The van der Waals surface area contributed by atoms with E-state index in [2.05, 4.69) is 27.6 Å². The van der Waals surface area contributed by atoms with Crippen molar-refractivity contribution in [2.24, 2.45) is 0 Å². The lowest BCUT2D eigenvalue weighted by molar-refractivity contribution is 0.636. The zero-order chi connectivity index (χ0) is 8.55. The Balaban J connectivity index is 2.88. The van der Waals surface area contributed by atoms with E-state index in [1.54, 1.807) is 6.07 Å². The summed E-state index contributed by atoms with van der Waals surface area (Å²) in [5.74, 6) is -0.258. The highest BCUT2D eigenvalue weighted by atomic mass is 127. The van der Waals surface area contributed by atoms with Crippen molar-refractivity contribution in [3.8, 4) is 0 Å². The van der Waals surface area contributed by atoms with Crippen LogP contribution in [0, 0.1) is 9.52 Å². The average molecular weight is 273 g/mol. The van der Waals surface area contributed by atoms with Gasteiger partial charge in [-0.25, -0.2) is 9.37 Å². The van der Waals surface area contributed by atoms with Gasteiger partial charge in [-0.1, -0.05) is 18.2 Å². The van der Waals surface area contributed by atoms with Crippen LogP contribution in [-0.4, -0.2) is 4.98 Å². The van der Waals surface area contributed by atoms with Crippen LogP contribution in [0.2, 0.25) is 0 Å². The van der Waals surface area contributed by atoms with Gasteiger partial charge in [-0.3, -0.25) is 0 Å². The topological polar surface area (TPSA) is 12.9 Å². The minimum atomic E-state index is -0.258. The molecule has 0 spiro atoms. The molecule has 0 saturated carbocycles. The summed E-state index contributed by atoms with van der Waals surface area (Å²) in [6.07, 6.45) is 0. The van der Waals surface area contributed by atoms with Gasteiger partial charge in [-0.05, 0) is 34.7 Å². The van der Waals surface area contributed by atoms with E-state index in [1.165, 1.54) is 6.07 Å². The standard InChI is InChI=1S/C9H5FIN/c10-7-3-1-2-6-4-5-8(11)12-9(6)7/h1-5H. The normalized spacial score (nSPS) is 10.5. The van der Waals surface area contributed by atoms with Crippen LogP contribution in [0.5, 0.6) is 0 Å². The molecule has 0 aliphatic rings. The van der Waals surface area contributed by atoms with E-state index in [0.717, 1.165) is 9.09 Å². The SMILES string of the molecule is Fc1cccc2ccc(I)nc12. The Kier molecular flexibility index (Phi) is 1.96. The van der Waals surface area contributed by atoms with Gasteiger partial charge in [0.05, 0.1) is 0 Å². The second-order valence-electron chi connectivity index (χ2n) is 2.45. The van der Waals surface area contributed by atoms with Gasteiger partial charge >= 0.3 is 0 Å². The lowest BCUT2D eigenvalue weighted by Crippen LogP contribution is -1.85. The summed E-state index contributed by atoms with van der Waals surface area (Å²) in [5.41, 5.74) is 0.449. The fourth-order valence-corrected chi connectivity index (χ4v) is 1.51. The lowest BCUT2D eigenvalue weighted by atomic mass is 10.2. The van der Waals surface area contributed by atoms with E-state index in [1.807, 2.05) is 18.2 Å². The zero-order valence-corrected chi connectivity index (χ0v) is 8.25. The fourth-order valence-electron chi connectivity index (χ4n) is 1.09. The predicted molar refractivity (Wildman–Crippen MR) is 54.4 cm³/mol. The minimum Gasteiger partial charge on any atom is -0.239 e. The largest absolute Gasteiger partial charge is 0.239 e. The van der Waals surface area contributed by atoms with Gasteiger partial charge in [0.25, 0.3) is 0 Å². The average Bonchev–Trinajstić information content (AvgIpc) is 2.07. The van der Waals surface area contributed by atoms with E-state index in [9.17, 15) is 4.39 Å². The number of fused-ring (bicyclic) bond motifs is 1. The summed E-state index contributed by atoms with van der Waals surface area (Å²) in [7, 11) is 0. The number of hydrogen-bond acceptors (Lipinski definition) is 1. The molecule has 0 N–H and O–H groups in total. The minimum absolute atomic E-state index is 0.258. The molecule has 1 nitrogen and oxygen atoms in total. The molecule has 1 aromatic carbocycles. The van der Waals surface area contributed by atoms with Crippen molar-refractivity contribution in [2.75, 3.05) is 0 Å². The molecular weight excluding hydrogens is 268 g/mol. The van der Waals surface area contributed by atoms with Crippen LogP contribution in [0.1, 0.15) is 0 Å². The first kappa shape index (κ1) is 7.91. The smallest absolute Gasteiger partial charge is 0.149 e. The van der Waals surface area contributed by atoms with Crippen molar-refractivity contribution in [1.29, 1.82) is 0 Å². The van der Waals surface area contributed by atoms with Crippen LogP contribution in [0.15, 0.2) is 30.3 Å². The van der Waals surface area contributed by atoms with E-state index < -0.39 is 0 Å². The Morgan fingerprint density at radius 3 is 2.83 bits per heavy atom. The molecule has 12 heavy (non-hydrogen) atoms. The molecule has 0 bridgehead atoms. The van der Waals surface area contributed by atoms with Crippen LogP contribution in [0.25, 0.3) is 10.9 Å². The molecule has 2 rings (SSSR count). The highest BCUT2D eigenvalue weighted by molar-refractivity contribution is 14.1. The summed E-state index contributed by atoms with van der Waals surface area (Å²) in [4.78, 5) is 4.09. The summed E-state index contributed by atoms with van der Waals surface area (Å²) in [5, 5.41) is 0.843. The van der Waals surface area contributed by atoms with Gasteiger partial charge < -0.3 is 0 Å². The monoisotopic (exact) mass is 273 g/mol. The number of aromatic nitrogens is 1. The van der Waals surface area contributed by atoms with E-state index in [0.29, 0.717) is 5.52 Å². The van der Waals surface area contributed by atoms with Crippen molar-refractivity contribution in [2.45, 2.75) is 0 Å². The third-order valence-corrected chi connectivity index (χ3v) is 2.24. The van der Waals surface area contributed by atoms with Gasteiger partial charge in [0, 0.05) is 5.39 Å². The van der Waals surface area contributed by atoms with E-state index in [4.69, 9.17) is 0 Å². The number of para-hydroxylation sites is 1. The quantitative estimate of drug-likeness (QED) is 0.531. The summed E-state index contributed by atoms with van der Waals surface area (Å²) >= 11 is 2.07. The highest BCUT2D eigenvalue weighted by Crippen LogP contribution is 2.16. The van der Waals surface area contributed by atoms with Crippen molar-refractivity contribution in [3.63, 3.8) is 0 Å². The van der Waals surface area contributed by atoms with Gasteiger partial charge in [0.15, 0.2) is 0 Å². The maximum Gasteiger partial charge on any atom is 0.149 e.